The van der Waals surface area contributed by atoms with Gasteiger partial charge in [0.1, 0.15) is 11.5 Å². The van der Waals surface area contributed by atoms with Gasteiger partial charge in [-0.3, -0.25) is 10.1 Å². The number of nitrogens with zero attached hydrogens (tertiary/aromatic N) is 3. The zero-order valence-corrected chi connectivity index (χ0v) is 17.4. The molecule has 2 aromatic rings. The van der Waals surface area contributed by atoms with Crippen LogP contribution in [0.4, 0.5) is 0 Å². The van der Waals surface area contributed by atoms with E-state index in [4.69, 9.17) is 14.5 Å². The number of rotatable bonds is 4. The number of carbonyl (C=O) groups is 1. The van der Waals surface area contributed by atoms with Crippen molar-refractivity contribution in [2.75, 3.05) is 5.75 Å². The molecule has 1 amide bonds. The van der Waals surface area contributed by atoms with Gasteiger partial charge in [-0.05, 0) is 43.7 Å². The van der Waals surface area contributed by atoms with Gasteiger partial charge in [0, 0.05) is 15.4 Å². The fourth-order valence-electron chi connectivity index (χ4n) is 3.01. The van der Waals surface area contributed by atoms with Crippen LogP contribution in [0.15, 0.2) is 49.3 Å². The van der Waals surface area contributed by atoms with Crippen LogP contribution in [0.25, 0.3) is 5.70 Å². The molecule has 6 nitrogen and oxygen atoms in total. The second-order valence-electron chi connectivity index (χ2n) is 6.37. The molecule has 3 heterocycles. The fraction of sp³-hybridized carbons (Fsp3) is 0.316. The Morgan fingerprint density at radius 2 is 2.19 bits per heavy atom. The Morgan fingerprint density at radius 1 is 1.33 bits per heavy atom. The van der Waals surface area contributed by atoms with E-state index in [9.17, 15) is 4.79 Å². The largest absolute Gasteiger partial charge is 0.462 e. The Kier molecular flexibility index (Phi) is 5.10. The SMILES string of the molecule is CCCCSC1=NN2C(=c3cc(Br)ccc3=N[C@@H]2c2ccc(C)o2)C(=O)N1. The van der Waals surface area contributed by atoms with Crippen LogP contribution in [-0.4, -0.2) is 21.8 Å². The Hall–Kier alpha value is -2.06. The fourth-order valence-corrected chi connectivity index (χ4v) is 4.31. The highest BCUT2D eigenvalue weighted by Gasteiger charge is 2.35. The van der Waals surface area contributed by atoms with Crippen molar-refractivity contribution in [3.8, 4) is 0 Å². The van der Waals surface area contributed by atoms with Gasteiger partial charge in [-0.15, -0.1) is 5.10 Å². The number of furan rings is 1. The van der Waals surface area contributed by atoms with Crippen molar-refractivity contribution in [2.45, 2.75) is 32.9 Å². The molecular formula is C19H19BrN4O2S. The predicted octanol–water partition coefficient (Wildman–Crippen LogP) is 3.03. The number of hydrogen-bond acceptors (Lipinski definition) is 6. The molecule has 0 radical (unpaired) electrons. The third-order valence-corrected chi connectivity index (χ3v) is 5.77. The quantitative estimate of drug-likeness (QED) is 0.732. The van der Waals surface area contributed by atoms with E-state index in [0.29, 0.717) is 16.6 Å². The van der Waals surface area contributed by atoms with E-state index in [2.05, 4.69) is 28.2 Å². The molecule has 0 saturated heterocycles. The highest BCUT2D eigenvalue weighted by Crippen LogP contribution is 2.31. The van der Waals surface area contributed by atoms with Crippen LogP contribution in [0, 0.1) is 6.92 Å². The van der Waals surface area contributed by atoms with E-state index < -0.39 is 6.17 Å². The number of halogens is 1. The van der Waals surface area contributed by atoms with Crippen molar-refractivity contribution < 1.29 is 9.21 Å². The topological polar surface area (TPSA) is 70.2 Å². The lowest BCUT2D eigenvalue weighted by Gasteiger charge is -2.32. The molecule has 0 bridgehead atoms. The number of benzene rings is 1. The van der Waals surface area contributed by atoms with Gasteiger partial charge in [0.05, 0.1) is 5.36 Å². The molecule has 1 aromatic carbocycles. The summed E-state index contributed by atoms with van der Waals surface area (Å²) in [6, 6.07) is 9.49. The smallest absolute Gasteiger partial charge is 0.276 e. The molecule has 8 heteroatoms. The Morgan fingerprint density at radius 3 is 2.93 bits per heavy atom. The summed E-state index contributed by atoms with van der Waals surface area (Å²) in [5.74, 6) is 2.19. The van der Waals surface area contributed by atoms with Crippen molar-refractivity contribution in [2.24, 2.45) is 10.1 Å². The van der Waals surface area contributed by atoms with E-state index in [0.717, 1.165) is 39.4 Å². The van der Waals surface area contributed by atoms with E-state index in [1.807, 2.05) is 37.3 Å². The first kappa shape index (κ1) is 18.3. The second-order valence-corrected chi connectivity index (χ2v) is 8.37. The van der Waals surface area contributed by atoms with Crippen LogP contribution in [0.1, 0.15) is 37.5 Å². The molecule has 2 aliphatic heterocycles. The summed E-state index contributed by atoms with van der Waals surface area (Å²) >= 11 is 5.03. The normalized spacial score (nSPS) is 18.4. The minimum absolute atomic E-state index is 0.175. The molecule has 0 unspecified atom stereocenters. The molecule has 0 saturated carbocycles. The first-order valence-corrected chi connectivity index (χ1v) is 10.6. The molecule has 1 atom stereocenters. The standard InChI is InChI=1S/C19H19BrN4O2S/c1-3-4-9-27-19-22-18(25)16-13-10-12(20)6-7-14(13)21-17(24(16)23-19)15-8-5-11(2)26-15/h5-8,10,17H,3-4,9H2,1-2H3,(H,22,23,25)/t17-/m0/s1. The first-order chi connectivity index (χ1) is 13.1. The Balaban J connectivity index is 1.85. The Bertz CT molecular complexity index is 1050. The van der Waals surface area contributed by atoms with Crippen LogP contribution in [0.2, 0.25) is 0 Å². The molecule has 140 valence electrons. The van der Waals surface area contributed by atoms with Gasteiger partial charge in [-0.1, -0.05) is 41.0 Å². The number of amidine groups is 1. The number of nitrogens with one attached hydrogen (secondary N) is 1. The molecule has 4 rings (SSSR count). The van der Waals surface area contributed by atoms with Gasteiger partial charge >= 0.3 is 0 Å². The molecule has 2 aliphatic rings. The van der Waals surface area contributed by atoms with Gasteiger partial charge < -0.3 is 4.42 Å². The van der Waals surface area contributed by atoms with Crippen LogP contribution in [0.3, 0.4) is 0 Å². The van der Waals surface area contributed by atoms with Crippen molar-refractivity contribution >= 4 is 44.5 Å². The number of thioether (sulfide) groups is 1. The van der Waals surface area contributed by atoms with Crippen molar-refractivity contribution in [3.63, 3.8) is 0 Å². The van der Waals surface area contributed by atoms with Gasteiger partial charge in [-0.25, -0.2) is 10.0 Å². The lowest BCUT2D eigenvalue weighted by molar-refractivity contribution is -0.116. The first-order valence-electron chi connectivity index (χ1n) is 8.83. The van der Waals surface area contributed by atoms with Crippen LogP contribution >= 0.6 is 27.7 Å². The average molecular weight is 447 g/mol. The zero-order chi connectivity index (χ0) is 19.0. The summed E-state index contributed by atoms with van der Waals surface area (Å²) in [5.41, 5.74) is 0.486. The van der Waals surface area contributed by atoms with Crippen LogP contribution in [-0.2, 0) is 4.79 Å². The zero-order valence-electron chi connectivity index (χ0n) is 15.0. The predicted molar refractivity (Wildman–Crippen MR) is 109 cm³/mol. The highest BCUT2D eigenvalue weighted by atomic mass is 79.9. The molecular weight excluding hydrogens is 428 g/mol. The van der Waals surface area contributed by atoms with Crippen molar-refractivity contribution in [3.05, 3.63) is 56.9 Å². The van der Waals surface area contributed by atoms with E-state index in [1.165, 1.54) is 0 Å². The van der Waals surface area contributed by atoms with Gasteiger partial charge in [0.2, 0.25) is 6.17 Å². The average Bonchev–Trinajstić information content (AvgIpc) is 3.07. The van der Waals surface area contributed by atoms with E-state index >= 15 is 0 Å². The molecule has 0 spiro atoms. The molecule has 1 N–H and O–H groups in total. The highest BCUT2D eigenvalue weighted by molar-refractivity contribution is 9.10. The lowest BCUT2D eigenvalue weighted by Crippen LogP contribution is -2.50. The number of fused-ring (bicyclic) bond motifs is 2. The van der Waals surface area contributed by atoms with Crippen molar-refractivity contribution in [1.82, 2.24) is 10.3 Å². The van der Waals surface area contributed by atoms with E-state index in [1.54, 1.807) is 16.8 Å². The van der Waals surface area contributed by atoms with E-state index in [-0.39, 0.29) is 5.91 Å². The second kappa shape index (κ2) is 7.52. The maximum Gasteiger partial charge on any atom is 0.276 e. The number of unbranched alkanes of at least 4 members (excludes halogenated alkanes) is 1. The van der Waals surface area contributed by atoms with Gasteiger partial charge in [-0.2, -0.15) is 0 Å². The van der Waals surface area contributed by atoms with Crippen molar-refractivity contribution in [1.29, 1.82) is 0 Å². The van der Waals surface area contributed by atoms with Gasteiger partial charge in [0.15, 0.2) is 10.9 Å². The number of amides is 1. The third kappa shape index (κ3) is 3.55. The Labute approximate surface area is 169 Å². The number of hydrogen-bond donors (Lipinski definition) is 1. The summed E-state index contributed by atoms with van der Waals surface area (Å²) in [4.78, 5) is 17.8. The molecule has 27 heavy (non-hydrogen) atoms. The van der Waals surface area contributed by atoms with Gasteiger partial charge in [0.25, 0.3) is 5.91 Å². The minimum atomic E-state index is -0.504. The summed E-state index contributed by atoms with van der Waals surface area (Å²) in [5, 5.41) is 11.4. The lowest BCUT2D eigenvalue weighted by atomic mass is 10.1. The summed E-state index contributed by atoms with van der Waals surface area (Å²) in [6.07, 6.45) is 1.66. The summed E-state index contributed by atoms with van der Waals surface area (Å²) < 4.78 is 6.70. The molecule has 0 aliphatic carbocycles. The number of carbonyl (C=O) groups excluding carboxylic acids is 1. The molecule has 0 fully saturated rings. The monoisotopic (exact) mass is 446 g/mol. The number of aryl methyl sites for hydroxylation is 1. The van der Waals surface area contributed by atoms with Crippen LogP contribution < -0.4 is 15.9 Å². The van der Waals surface area contributed by atoms with Crippen LogP contribution in [0.5, 0.6) is 0 Å². The maximum absolute atomic E-state index is 13.0. The maximum atomic E-state index is 13.0. The summed E-state index contributed by atoms with van der Waals surface area (Å²) in [6.45, 7) is 4.03. The minimum Gasteiger partial charge on any atom is -0.462 e. The third-order valence-electron chi connectivity index (χ3n) is 4.32. The number of hydrazone groups is 1. The molecule has 1 aromatic heterocycles. The summed E-state index contributed by atoms with van der Waals surface area (Å²) in [7, 11) is 0.